The van der Waals surface area contributed by atoms with Crippen LogP contribution in [0.5, 0.6) is 0 Å². The molecule has 0 bridgehead atoms. The third kappa shape index (κ3) is 5.79. The third-order valence-corrected chi connectivity index (χ3v) is 5.79. The van der Waals surface area contributed by atoms with E-state index in [1.165, 1.54) is 0 Å². The second-order valence-corrected chi connectivity index (χ2v) is 8.02. The van der Waals surface area contributed by atoms with Gasteiger partial charge in [0.1, 0.15) is 6.10 Å². The average Bonchev–Trinajstić information content (AvgIpc) is 2.70. The largest absolute Gasteiger partial charge is 0.460 e. The standard InChI is InChI=1S/C23H28ClNO3/c1-2-18-12-13-25(15-21(26)19-6-4-3-5-7-19)16-22(18)28-23(27)14-17-8-10-20(24)11-9-17/h4,6-11,18,22H,2-3,5,12-16H2,1H3/t18?,22-/m0/s1. The smallest absolute Gasteiger partial charge is 0.310 e. The molecule has 4 nitrogen and oxygen atoms in total. The molecule has 150 valence electrons. The number of ketones is 1. The van der Waals surface area contributed by atoms with Crippen LogP contribution in [-0.4, -0.2) is 42.4 Å². The van der Waals surface area contributed by atoms with Gasteiger partial charge in [-0.15, -0.1) is 0 Å². The second-order valence-electron chi connectivity index (χ2n) is 7.59. The molecule has 2 atom stereocenters. The summed E-state index contributed by atoms with van der Waals surface area (Å²) in [4.78, 5) is 27.1. The molecule has 1 aliphatic carbocycles. The molecule has 0 radical (unpaired) electrons. The van der Waals surface area contributed by atoms with Crippen LogP contribution >= 0.6 is 11.6 Å². The summed E-state index contributed by atoms with van der Waals surface area (Å²) in [5.74, 6) is 0.267. The molecular weight excluding hydrogens is 374 g/mol. The van der Waals surface area contributed by atoms with Gasteiger partial charge < -0.3 is 4.74 Å². The summed E-state index contributed by atoms with van der Waals surface area (Å²) in [5.41, 5.74) is 1.70. The number of esters is 1. The van der Waals surface area contributed by atoms with Crippen molar-refractivity contribution in [2.45, 2.75) is 45.1 Å². The lowest BCUT2D eigenvalue weighted by atomic mass is 9.91. The molecule has 0 saturated carbocycles. The zero-order valence-corrected chi connectivity index (χ0v) is 17.2. The molecule has 0 amide bonds. The zero-order valence-electron chi connectivity index (χ0n) is 16.4. The van der Waals surface area contributed by atoms with E-state index in [1.54, 1.807) is 12.1 Å². The van der Waals surface area contributed by atoms with Crippen LogP contribution < -0.4 is 0 Å². The number of allylic oxidation sites excluding steroid dienone is 3. The van der Waals surface area contributed by atoms with E-state index in [4.69, 9.17) is 16.3 Å². The van der Waals surface area contributed by atoms with Crippen LogP contribution in [0.1, 0.15) is 38.2 Å². The Kier molecular flexibility index (Phi) is 7.46. The minimum absolute atomic E-state index is 0.150. The topological polar surface area (TPSA) is 46.6 Å². The van der Waals surface area contributed by atoms with Gasteiger partial charge in [-0.05, 0) is 55.8 Å². The van der Waals surface area contributed by atoms with E-state index < -0.39 is 0 Å². The maximum atomic E-state index is 12.5. The van der Waals surface area contributed by atoms with Gasteiger partial charge in [0.2, 0.25) is 0 Å². The van der Waals surface area contributed by atoms with Crippen molar-refractivity contribution in [3.63, 3.8) is 0 Å². The van der Waals surface area contributed by atoms with Crippen LogP contribution in [0.4, 0.5) is 0 Å². The number of rotatable bonds is 7. The first-order valence-electron chi connectivity index (χ1n) is 10.1. The first kappa shape index (κ1) is 20.8. The van der Waals surface area contributed by atoms with Crippen LogP contribution in [-0.2, 0) is 20.7 Å². The molecule has 3 rings (SSSR count). The van der Waals surface area contributed by atoms with Crippen LogP contribution in [0, 0.1) is 5.92 Å². The minimum atomic E-state index is -0.225. The van der Waals surface area contributed by atoms with Crippen molar-refractivity contribution >= 4 is 23.4 Å². The van der Waals surface area contributed by atoms with Gasteiger partial charge in [-0.2, -0.15) is 0 Å². The van der Waals surface area contributed by atoms with E-state index in [0.29, 0.717) is 24.0 Å². The minimum Gasteiger partial charge on any atom is -0.460 e. The van der Waals surface area contributed by atoms with Gasteiger partial charge >= 0.3 is 5.97 Å². The van der Waals surface area contributed by atoms with Gasteiger partial charge in [0.15, 0.2) is 5.78 Å². The van der Waals surface area contributed by atoms with Crippen molar-refractivity contribution in [3.8, 4) is 0 Å². The van der Waals surface area contributed by atoms with Crippen molar-refractivity contribution in [2.24, 2.45) is 5.92 Å². The Morgan fingerprint density at radius 3 is 2.68 bits per heavy atom. The molecule has 0 aromatic heterocycles. The van der Waals surface area contributed by atoms with E-state index in [2.05, 4.69) is 17.9 Å². The van der Waals surface area contributed by atoms with E-state index in [1.807, 2.05) is 24.3 Å². The fourth-order valence-electron chi connectivity index (χ4n) is 3.87. The lowest BCUT2D eigenvalue weighted by molar-refractivity contribution is -0.154. The number of benzene rings is 1. The van der Waals surface area contributed by atoms with Crippen molar-refractivity contribution in [1.82, 2.24) is 4.90 Å². The van der Waals surface area contributed by atoms with Gasteiger partial charge in [-0.1, -0.05) is 48.9 Å². The Morgan fingerprint density at radius 2 is 2.00 bits per heavy atom. The highest BCUT2D eigenvalue weighted by atomic mass is 35.5. The Labute approximate surface area is 172 Å². The van der Waals surface area contributed by atoms with Gasteiger partial charge in [-0.25, -0.2) is 0 Å². The molecular formula is C23H28ClNO3. The summed E-state index contributed by atoms with van der Waals surface area (Å²) in [5, 5.41) is 0.652. The number of Topliss-reactive ketones (excluding diaryl/α,β-unsaturated/α-hetero) is 1. The highest BCUT2D eigenvalue weighted by Crippen LogP contribution is 2.24. The van der Waals surface area contributed by atoms with E-state index in [-0.39, 0.29) is 24.3 Å². The van der Waals surface area contributed by atoms with Crippen molar-refractivity contribution in [2.75, 3.05) is 19.6 Å². The molecule has 1 unspecified atom stereocenters. The Balaban J connectivity index is 1.56. The zero-order chi connectivity index (χ0) is 19.9. The number of nitrogens with zero attached hydrogens (tertiary/aromatic N) is 1. The maximum absolute atomic E-state index is 12.5. The van der Waals surface area contributed by atoms with Gasteiger partial charge in [-0.3, -0.25) is 14.5 Å². The van der Waals surface area contributed by atoms with E-state index in [9.17, 15) is 9.59 Å². The molecule has 0 N–H and O–H groups in total. The fourth-order valence-corrected chi connectivity index (χ4v) is 3.99. The molecule has 1 aromatic carbocycles. The summed E-state index contributed by atoms with van der Waals surface area (Å²) in [6.07, 6.45) is 9.91. The second kappa shape index (κ2) is 10.0. The predicted molar refractivity (Wildman–Crippen MR) is 111 cm³/mol. The third-order valence-electron chi connectivity index (χ3n) is 5.53. The number of ether oxygens (including phenoxy) is 1. The Hall–Kier alpha value is -1.91. The average molecular weight is 402 g/mol. The first-order valence-corrected chi connectivity index (χ1v) is 10.5. The summed E-state index contributed by atoms with van der Waals surface area (Å²) in [6, 6.07) is 7.25. The number of hydrogen-bond donors (Lipinski definition) is 0. The molecule has 0 spiro atoms. The van der Waals surface area contributed by atoms with Crippen molar-refractivity contribution in [1.29, 1.82) is 0 Å². The summed E-state index contributed by atoms with van der Waals surface area (Å²) >= 11 is 5.90. The quantitative estimate of drug-likeness (QED) is 0.636. The fraction of sp³-hybridized carbons (Fsp3) is 0.478. The molecule has 1 heterocycles. The highest BCUT2D eigenvalue weighted by molar-refractivity contribution is 6.30. The van der Waals surface area contributed by atoms with Crippen LogP contribution in [0.15, 0.2) is 48.1 Å². The van der Waals surface area contributed by atoms with Crippen LogP contribution in [0.25, 0.3) is 0 Å². The van der Waals surface area contributed by atoms with E-state index in [0.717, 1.165) is 43.4 Å². The lowest BCUT2D eigenvalue weighted by Gasteiger charge is -2.37. The molecule has 5 heteroatoms. The number of carbonyl (C=O) groups excluding carboxylic acids is 2. The monoisotopic (exact) mass is 401 g/mol. The number of halogens is 1. The normalized spacial score (nSPS) is 22.6. The van der Waals surface area contributed by atoms with E-state index >= 15 is 0 Å². The van der Waals surface area contributed by atoms with Gasteiger partial charge in [0.05, 0.1) is 13.0 Å². The van der Waals surface area contributed by atoms with Crippen LogP contribution in [0.2, 0.25) is 5.02 Å². The Bertz CT molecular complexity index is 754. The molecule has 28 heavy (non-hydrogen) atoms. The van der Waals surface area contributed by atoms with Crippen molar-refractivity contribution < 1.29 is 14.3 Å². The van der Waals surface area contributed by atoms with Crippen LogP contribution in [0.3, 0.4) is 0 Å². The Morgan fingerprint density at radius 1 is 1.21 bits per heavy atom. The molecule has 2 aliphatic rings. The summed E-state index contributed by atoms with van der Waals surface area (Å²) < 4.78 is 5.83. The first-order chi connectivity index (χ1) is 13.5. The molecule has 1 fully saturated rings. The number of hydrogen-bond acceptors (Lipinski definition) is 4. The molecule has 1 saturated heterocycles. The van der Waals surface area contributed by atoms with Crippen molar-refractivity contribution in [3.05, 3.63) is 58.7 Å². The van der Waals surface area contributed by atoms with Gasteiger partial charge in [0.25, 0.3) is 0 Å². The maximum Gasteiger partial charge on any atom is 0.310 e. The number of likely N-dealkylation sites (tertiary alicyclic amines) is 1. The highest BCUT2D eigenvalue weighted by Gasteiger charge is 2.32. The number of piperidine rings is 1. The lowest BCUT2D eigenvalue weighted by Crippen LogP contribution is -2.47. The number of carbonyl (C=O) groups is 2. The SMILES string of the molecule is CCC1CCN(CC(=O)C2=CCCC=C2)C[C@@H]1OC(=O)Cc1ccc(Cl)cc1. The molecule has 1 aliphatic heterocycles. The predicted octanol–water partition coefficient (Wildman–Crippen LogP) is 4.37. The summed E-state index contributed by atoms with van der Waals surface area (Å²) in [7, 11) is 0. The molecule has 1 aromatic rings. The summed E-state index contributed by atoms with van der Waals surface area (Å²) in [6.45, 7) is 4.00. The van der Waals surface area contributed by atoms with Gasteiger partial charge in [0, 0.05) is 17.1 Å².